The summed E-state index contributed by atoms with van der Waals surface area (Å²) >= 11 is 0. The Balaban J connectivity index is 2.18. The van der Waals surface area contributed by atoms with Crippen LogP contribution >= 0.6 is 0 Å². The highest BCUT2D eigenvalue weighted by Gasteiger charge is 2.23. The summed E-state index contributed by atoms with van der Waals surface area (Å²) in [6.45, 7) is 1.99. The Labute approximate surface area is 115 Å². The predicted molar refractivity (Wildman–Crippen MR) is 72.2 cm³/mol. The fourth-order valence-corrected chi connectivity index (χ4v) is 2.32. The van der Waals surface area contributed by atoms with Gasteiger partial charge in [-0.1, -0.05) is 0 Å². The van der Waals surface area contributed by atoms with E-state index in [0.29, 0.717) is 12.1 Å². The van der Waals surface area contributed by atoms with Crippen molar-refractivity contribution in [3.8, 4) is 0 Å². The number of nitrogens with zero attached hydrogens (tertiary/aromatic N) is 3. The van der Waals surface area contributed by atoms with Crippen LogP contribution in [0.1, 0.15) is 18.4 Å². The third kappa shape index (κ3) is 3.28. The summed E-state index contributed by atoms with van der Waals surface area (Å²) < 4.78 is 0. The molecule has 1 aromatic rings. The van der Waals surface area contributed by atoms with Crippen molar-refractivity contribution in [2.45, 2.75) is 25.4 Å². The van der Waals surface area contributed by atoms with Crippen molar-refractivity contribution in [3.63, 3.8) is 0 Å². The molecule has 1 saturated heterocycles. The first-order valence-corrected chi connectivity index (χ1v) is 6.37. The quantitative estimate of drug-likeness (QED) is 0.658. The average Bonchev–Trinajstić information content (AvgIpc) is 2.41. The monoisotopic (exact) mass is 280 g/mol. The van der Waals surface area contributed by atoms with Crippen molar-refractivity contribution in [2.75, 3.05) is 13.1 Å². The van der Waals surface area contributed by atoms with Gasteiger partial charge in [-0.05, 0) is 32.0 Å². The number of likely N-dealkylation sites (tertiary alicyclic amines) is 1. The molecule has 1 aromatic carbocycles. The van der Waals surface area contributed by atoms with Gasteiger partial charge in [0.2, 0.25) is 0 Å². The maximum atomic E-state index is 11.0. The molecule has 0 amide bonds. The summed E-state index contributed by atoms with van der Waals surface area (Å²) in [5, 5.41) is 21.7. The minimum Gasteiger partial charge on any atom is -0.328 e. The first kappa shape index (κ1) is 14.4. The Morgan fingerprint density at radius 2 is 1.85 bits per heavy atom. The van der Waals surface area contributed by atoms with E-state index < -0.39 is 9.85 Å². The van der Waals surface area contributed by atoms with Crippen LogP contribution in [0.25, 0.3) is 0 Å². The number of benzene rings is 1. The van der Waals surface area contributed by atoms with Gasteiger partial charge in [-0.3, -0.25) is 25.1 Å². The summed E-state index contributed by atoms with van der Waals surface area (Å²) in [7, 11) is 0. The van der Waals surface area contributed by atoms with Gasteiger partial charge in [-0.25, -0.2) is 0 Å². The summed E-state index contributed by atoms with van der Waals surface area (Å²) in [6.07, 6.45) is 1.72. The Morgan fingerprint density at radius 1 is 1.20 bits per heavy atom. The Bertz CT molecular complexity index is 526. The fraction of sp³-hybridized carbons (Fsp3) is 0.500. The third-order valence-corrected chi connectivity index (χ3v) is 3.50. The first-order valence-electron chi connectivity index (χ1n) is 6.37. The lowest BCUT2D eigenvalue weighted by molar-refractivity contribution is -0.394. The van der Waals surface area contributed by atoms with Gasteiger partial charge in [-0.15, -0.1) is 0 Å². The zero-order valence-corrected chi connectivity index (χ0v) is 10.9. The van der Waals surface area contributed by atoms with Crippen LogP contribution in [0, 0.1) is 20.2 Å². The highest BCUT2D eigenvalue weighted by molar-refractivity contribution is 5.49. The summed E-state index contributed by atoms with van der Waals surface area (Å²) in [4.78, 5) is 22.6. The van der Waals surface area contributed by atoms with Crippen LogP contribution in [0.5, 0.6) is 0 Å². The van der Waals surface area contributed by atoms with Gasteiger partial charge in [0.1, 0.15) is 0 Å². The summed E-state index contributed by atoms with van der Waals surface area (Å²) in [5.41, 5.74) is 5.85. The topological polar surface area (TPSA) is 116 Å². The van der Waals surface area contributed by atoms with Crippen LogP contribution in [-0.4, -0.2) is 33.9 Å². The molecule has 8 heteroatoms. The van der Waals surface area contributed by atoms with E-state index in [1.807, 2.05) is 0 Å². The molecule has 0 spiro atoms. The van der Waals surface area contributed by atoms with E-state index in [9.17, 15) is 20.2 Å². The molecular formula is C12H16N4O4. The van der Waals surface area contributed by atoms with Crippen molar-refractivity contribution in [1.82, 2.24) is 4.90 Å². The van der Waals surface area contributed by atoms with E-state index in [0.717, 1.165) is 32.0 Å². The zero-order valence-electron chi connectivity index (χ0n) is 10.9. The molecule has 0 unspecified atom stereocenters. The smallest absolute Gasteiger partial charge is 0.280 e. The van der Waals surface area contributed by atoms with Crippen LogP contribution in [0.2, 0.25) is 0 Å². The molecule has 20 heavy (non-hydrogen) atoms. The molecule has 1 fully saturated rings. The number of hydrogen-bond acceptors (Lipinski definition) is 6. The standard InChI is InChI=1S/C12H16N4O4/c13-10-3-5-14(6-4-10)8-9-1-2-11(15(17)18)7-12(9)16(19)20/h1-2,7,10H,3-6,8,13H2. The first-order chi connectivity index (χ1) is 9.47. The molecule has 0 bridgehead atoms. The van der Waals surface area contributed by atoms with E-state index in [4.69, 9.17) is 5.73 Å². The minimum atomic E-state index is -0.628. The number of hydrogen-bond donors (Lipinski definition) is 1. The SMILES string of the molecule is NC1CCN(Cc2ccc([N+](=O)[O-])cc2[N+](=O)[O-])CC1. The lowest BCUT2D eigenvalue weighted by Crippen LogP contribution is -2.39. The van der Waals surface area contributed by atoms with Crippen LogP contribution in [0.15, 0.2) is 18.2 Å². The van der Waals surface area contributed by atoms with Gasteiger partial charge in [0, 0.05) is 24.2 Å². The maximum Gasteiger partial charge on any atom is 0.280 e. The molecule has 2 N–H and O–H groups in total. The van der Waals surface area contributed by atoms with Crippen LogP contribution in [0.4, 0.5) is 11.4 Å². The Morgan fingerprint density at radius 3 is 2.40 bits per heavy atom. The minimum absolute atomic E-state index is 0.193. The van der Waals surface area contributed by atoms with Gasteiger partial charge in [-0.2, -0.15) is 0 Å². The predicted octanol–water partition coefficient (Wildman–Crippen LogP) is 1.43. The highest BCUT2D eigenvalue weighted by Crippen LogP contribution is 2.26. The molecule has 0 saturated carbocycles. The molecule has 1 aliphatic rings. The van der Waals surface area contributed by atoms with Crippen molar-refractivity contribution < 1.29 is 9.85 Å². The summed E-state index contributed by atoms with van der Waals surface area (Å²) in [5.74, 6) is 0. The molecule has 0 atom stereocenters. The normalized spacial score (nSPS) is 17.1. The van der Waals surface area contributed by atoms with Gasteiger partial charge in [0.05, 0.1) is 15.9 Å². The summed E-state index contributed by atoms with van der Waals surface area (Å²) in [6, 6.07) is 3.98. The number of non-ortho nitro benzene ring substituents is 1. The lowest BCUT2D eigenvalue weighted by Gasteiger charge is -2.29. The number of piperidine rings is 1. The third-order valence-electron chi connectivity index (χ3n) is 3.50. The van der Waals surface area contributed by atoms with Gasteiger partial charge in [0.25, 0.3) is 11.4 Å². The molecule has 8 nitrogen and oxygen atoms in total. The van der Waals surface area contributed by atoms with Crippen molar-refractivity contribution in [2.24, 2.45) is 5.73 Å². The highest BCUT2D eigenvalue weighted by atomic mass is 16.6. The zero-order chi connectivity index (χ0) is 14.7. The molecule has 108 valence electrons. The van der Waals surface area contributed by atoms with E-state index in [1.54, 1.807) is 0 Å². The molecule has 0 aromatic heterocycles. The molecule has 1 heterocycles. The van der Waals surface area contributed by atoms with E-state index in [-0.39, 0.29) is 17.4 Å². The Kier molecular flexibility index (Phi) is 4.26. The van der Waals surface area contributed by atoms with Crippen LogP contribution in [0.3, 0.4) is 0 Å². The van der Waals surface area contributed by atoms with Gasteiger partial charge < -0.3 is 5.73 Å². The van der Waals surface area contributed by atoms with Crippen LogP contribution < -0.4 is 5.73 Å². The second-order valence-corrected chi connectivity index (χ2v) is 4.94. The van der Waals surface area contributed by atoms with Crippen molar-refractivity contribution in [1.29, 1.82) is 0 Å². The lowest BCUT2D eigenvalue weighted by atomic mass is 10.0. The van der Waals surface area contributed by atoms with E-state index in [2.05, 4.69) is 4.90 Å². The second kappa shape index (κ2) is 5.93. The molecule has 1 aliphatic heterocycles. The van der Waals surface area contributed by atoms with E-state index in [1.165, 1.54) is 12.1 Å². The second-order valence-electron chi connectivity index (χ2n) is 4.94. The average molecular weight is 280 g/mol. The molecule has 2 rings (SSSR count). The Hall–Kier alpha value is -2.06. The molecule has 0 radical (unpaired) electrons. The number of nitro groups is 2. The van der Waals surface area contributed by atoms with Crippen LogP contribution in [-0.2, 0) is 6.54 Å². The van der Waals surface area contributed by atoms with Crippen molar-refractivity contribution in [3.05, 3.63) is 44.0 Å². The number of rotatable bonds is 4. The molecule has 0 aliphatic carbocycles. The largest absolute Gasteiger partial charge is 0.328 e. The van der Waals surface area contributed by atoms with Crippen molar-refractivity contribution >= 4 is 11.4 Å². The van der Waals surface area contributed by atoms with Gasteiger partial charge in [0.15, 0.2) is 0 Å². The molecular weight excluding hydrogens is 264 g/mol. The number of nitrogens with two attached hydrogens (primary N) is 1. The maximum absolute atomic E-state index is 11.0. The fourth-order valence-electron chi connectivity index (χ4n) is 2.32. The van der Waals surface area contributed by atoms with E-state index >= 15 is 0 Å². The van der Waals surface area contributed by atoms with Gasteiger partial charge >= 0.3 is 0 Å². The number of nitro benzene ring substituents is 2.